The summed E-state index contributed by atoms with van der Waals surface area (Å²) >= 11 is 11.5. The predicted octanol–water partition coefficient (Wildman–Crippen LogP) is 3.38. The van der Waals surface area contributed by atoms with Gasteiger partial charge in [-0.25, -0.2) is 19.2 Å². The maximum Gasteiger partial charge on any atom is 0.342 e. The molecule has 1 heterocycles. The summed E-state index contributed by atoms with van der Waals surface area (Å²) in [5.41, 5.74) is 0.547. The first-order valence-corrected chi connectivity index (χ1v) is 5.85. The summed E-state index contributed by atoms with van der Waals surface area (Å²) in [6.07, 6.45) is 1.24. The third kappa shape index (κ3) is 2.83. The molecule has 0 unspecified atom stereocenters. The van der Waals surface area contributed by atoms with Gasteiger partial charge in [0, 0.05) is 11.8 Å². The highest BCUT2D eigenvalue weighted by Crippen LogP contribution is 2.24. The minimum Gasteiger partial charge on any atom is -0.465 e. The number of hydrogen-bond donors (Lipinski definition) is 0. The largest absolute Gasteiger partial charge is 0.465 e. The molecule has 0 atom stereocenters. The quantitative estimate of drug-likeness (QED) is 0.630. The van der Waals surface area contributed by atoms with Gasteiger partial charge in [-0.15, -0.1) is 0 Å². The Labute approximate surface area is 118 Å². The van der Waals surface area contributed by atoms with Crippen LogP contribution in [0.1, 0.15) is 10.4 Å². The molecular weight excluding hydrogens is 294 g/mol. The molecule has 0 aliphatic carbocycles. The fourth-order valence-corrected chi connectivity index (χ4v) is 1.77. The van der Waals surface area contributed by atoms with Gasteiger partial charge in [0.15, 0.2) is 5.82 Å². The van der Waals surface area contributed by atoms with Gasteiger partial charge in [0.25, 0.3) is 0 Å². The van der Waals surface area contributed by atoms with Gasteiger partial charge < -0.3 is 4.74 Å². The van der Waals surface area contributed by atoms with E-state index in [0.717, 1.165) is 0 Å². The molecule has 1 aromatic carbocycles. The van der Waals surface area contributed by atoms with Crippen molar-refractivity contribution in [3.05, 3.63) is 46.0 Å². The lowest BCUT2D eigenvalue weighted by Crippen LogP contribution is -2.05. The fraction of sp³-hybridized carbons (Fsp3) is 0.0833. The van der Waals surface area contributed by atoms with Crippen molar-refractivity contribution in [3.63, 3.8) is 0 Å². The van der Waals surface area contributed by atoms with E-state index in [1.165, 1.54) is 31.5 Å². The molecule has 0 radical (unpaired) electrons. The van der Waals surface area contributed by atoms with Crippen molar-refractivity contribution < 1.29 is 13.9 Å². The molecule has 0 spiro atoms. The Morgan fingerprint density at radius 1 is 1.37 bits per heavy atom. The Hall–Kier alpha value is -1.72. The monoisotopic (exact) mass is 300 g/mol. The molecule has 0 amide bonds. The van der Waals surface area contributed by atoms with Gasteiger partial charge in [-0.2, -0.15) is 0 Å². The summed E-state index contributed by atoms with van der Waals surface area (Å²) in [4.78, 5) is 19.3. The number of hydrogen-bond acceptors (Lipinski definition) is 4. The first-order valence-electron chi connectivity index (χ1n) is 5.09. The minimum absolute atomic E-state index is 0.0442. The topological polar surface area (TPSA) is 52.1 Å². The summed E-state index contributed by atoms with van der Waals surface area (Å²) in [6.45, 7) is 0. The van der Waals surface area contributed by atoms with E-state index in [0.29, 0.717) is 5.56 Å². The predicted molar refractivity (Wildman–Crippen MR) is 68.8 cm³/mol. The van der Waals surface area contributed by atoms with E-state index >= 15 is 0 Å². The Morgan fingerprint density at radius 2 is 2.11 bits per heavy atom. The number of carbonyl (C=O) groups excluding carboxylic acids is 1. The van der Waals surface area contributed by atoms with E-state index in [9.17, 15) is 9.18 Å². The Balaban J connectivity index is 2.44. The van der Waals surface area contributed by atoms with Crippen molar-refractivity contribution in [3.8, 4) is 11.4 Å². The highest BCUT2D eigenvalue weighted by molar-refractivity contribution is 6.32. The van der Waals surface area contributed by atoms with Crippen molar-refractivity contribution in [2.45, 2.75) is 0 Å². The van der Waals surface area contributed by atoms with Crippen LogP contribution in [0.4, 0.5) is 4.39 Å². The lowest BCUT2D eigenvalue weighted by atomic mass is 10.2. The number of carbonyl (C=O) groups is 1. The van der Waals surface area contributed by atoms with Gasteiger partial charge in [0.05, 0.1) is 12.1 Å². The Bertz CT molecular complexity index is 650. The zero-order valence-electron chi connectivity index (χ0n) is 9.65. The molecule has 2 rings (SSSR count). The van der Waals surface area contributed by atoms with Crippen molar-refractivity contribution in [1.82, 2.24) is 9.97 Å². The molecule has 0 aliphatic rings. The third-order valence-electron chi connectivity index (χ3n) is 2.33. The van der Waals surface area contributed by atoms with Gasteiger partial charge in [0.1, 0.15) is 16.5 Å². The SMILES string of the molecule is COC(=O)c1cnc(-c2ccc(F)c(Cl)c2)nc1Cl. The van der Waals surface area contributed by atoms with Gasteiger partial charge in [-0.05, 0) is 18.2 Å². The molecule has 98 valence electrons. The van der Waals surface area contributed by atoms with E-state index in [2.05, 4.69) is 14.7 Å². The molecule has 0 aliphatic heterocycles. The summed E-state index contributed by atoms with van der Waals surface area (Å²) in [5, 5.41) is -0.0911. The zero-order valence-corrected chi connectivity index (χ0v) is 11.2. The zero-order chi connectivity index (χ0) is 14.0. The minimum atomic E-state index is -0.631. The van der Waals surface area contributed by atoms with Crippen molar-refractivity contribution in [2.24, 2.45) is 0 Å². The highest BCUT2D eigenvalue weighted by atomic mass is 35.5. The number of nitrogens with zero attached hydrogens (tertiary/aromatic N) is 2. The number of rotatable bonds is 2. The van der Waals surface area contributed by atoms with Crippen LogP contribution in [0.25, 0.3) is 11.4 Å². The van der Waals surface area contributed by atoms with Crippen LogP contribution in [0.2, 0.25) is 10.2 Å². The van der Waals surface area contributed by atoms with E-state index in [1.807, 2.05) is 0 Å². The van der Waals surface area contributed by atoms with Gasteiger partial charge in [0.2, 0.25) is 0 Å². The second-order valence-electron chi connectivity index (χ2n) is 3.52. The maximum atomic E-state index is 13.0. The fourth-order valence-electron chi connectivity index (χ4n) is 1.38. The highest BCUT2D eigenvalue weighted by Gasteiger charge is 2.14. The van der Waals surface area contributed by atoms with E-state index in [1.54, 1.807) is 0 Å². The molecule has 1 aromatic heterocycles. The summed E-state index contributed by atoms with van der Waals surface area (Å²) < 4.78 is 17.6. The van der Waals surface area contributed by atoms with Gasteiger partial charge in [-0.1, -0.05) is 23.2 Å². The van der Waals surface area contributed by atoms with Crippen LogP contribution in [0, 0.1) is 5.82 Å². The lowest BCUT2D eigenvalue weighted by molar-refractivity contribution is 0.0600. The van der Waals surface area contributed by atoms with Crippen molar-refractivity contribution >= 4 is 29.2 Å². The molecule has 7 heteroatoms. The first kappa shape index (κ1) is 13.7. The maximum absolute atomic E-state index is 13.0. The van der Waals surface area contributed by atoms with Gasteiger partial charge in [-0.3, -0.25) is 0 Å². The van der Waals surface area contributed by atoms with Crippen molar-refractivity contribution in [2.75, 3.05) is 7.11 Å². The molecule has 0 bridgehead atoms. The average Bonchev–Trinajstić information content (AvgIpc) is 2.41. The van der Waals surface area contributed by atoms with Crippen LogP contribution < -0.4 is 0 Å². The molecule has 0 saturated carbocycles. The van der Waals surface area contributed by atoms with Crippen LogP contribution in [-0.4, -0.2) is 23.0 Å². The van der Waals surface area contributed by atoms with Crippen LogP contribution in [0.15, 0.2) is 24.4 Å². The number of ether oxygens (including phenoxy) is 1. The van der Waals surface area contributed by atoms with Crippen LogP contribution >= 0.6 is 23.2 Å². The summed E-state index contributed by atoms with van der Waals surface area (Å²) in [7, 11) is 1.23. The summed E-state index contributed by atoms with van der Waals surface area (Å²) in [6, 6.07) is 4.04. The smallest absolute Gasteiger partial charge is 0.342 e. The third-order valence-corrected chi connectivity index (χ3v) is 2.90. The van der Waals surface area contributed by atoms with E-state index in [4.69, 9.17) is 23.2 Å². The molecule has 0 saturated heterocycles. The normalized spacial score (nSPS) is 10.3. The van der Waals surface area contributed by atoms with Crippen LogP contribution in [0.5, 0.6) is 0 Å². The van der Waals surface area contributed by atoms with E-state index < -0.39 is 11.8 Å². The van der Waals surface area contributed by atoms with Crippen LogP contribution in [0.3, 0.4) is 0 Å². The summed E-state index contributed by atoms with van der Waals surface area (Å²) in [5.74, 6) is -0.934. The van der Waals surface area contributed by atoms with Gasteiger partial charge >= 0.3 is 5.97 Å². The molecule has 4 nitrogen and oxygen atoms in total. The van der Waals surface area contributed by atoms with E-state index in [-0.39, 0.29) is 21.6 Å². The lowest BCUT2D eigenvalue weighted by Gasteiger charge is -2.05. The molecule has 2 aromatic rings. The number of halogens is 3. The van der Waals surface area contributed by atoms with Crippen molar-refractivity contribution in [1.29, 1.82) is 0 Å². The second-order valence-corrected chi connectivity index (χ2v) is 4.28. The standard InChI is InChI=1S/C12H7Cl2FN2O2/c1-19-12(18)7-5-16-11(17-10(7)14)6-2-3-9(15)8(13)4-6/h2-5H,1H3. The van der Waals surface area contributed by atoms with Crippen LogP contribution in [-0.2, 0) is 4.74 Å². The number of methoxy groups -OCH3 is 1. The number of benzene rings is 1. The molecule has 19 heavy (non-hydrogen) atoms. The first-order chi connectivity index (χ1) is 9.02. The second kappa shape index (κ2) is 5.50. The molecular formula is C12H7Cl2FN2O2. The average molecular weight is 301 g/mol. The Kier molecular flexibility index (Phi) is 3.97. The molecule has 0 N–H and O–H groups in total. The Morgan fingerprint density at radius 3 is 2.68 bits per heavy atom. The molecule has 0 fully saturated rings. The number of aromatic nitrogens is 2. The number of esters is 1.